The molecule has 7 nitrogen and oxygen atoms in total. The molecule has 0 radical (unpaired) electrons. The van der Waals surface area contributed by atoms with Gasteiger partial charge in [0.05, 0.1) is 16.6 Å². The molecule has 0 aliphatic rings. The SMILES string of the molecule is Cc1ccc(NC(=O)c2ccc(C(F)(F)F)cc2)cc1Nc1nc(-c2cccnc2)c2[nH]ccc2n1. The number of fused-ring (bicyclic) bond motifs is 1. The van der Waals surface area contributed by atoms with Gasteiger partial charge in [-0.25, -0.2) is 9.97 Å². The number of H-pyrrole nitrogens is 1. The van der Waals surface area contributed by atoms with Gasteiger partial charge in [0, 0.05) is 41.1 Å². The number of nitrogens with one attached hydrogen (secondary N) is 3. The smallest absolute Gasteiger partial charge is 0.358 e. The number of aromatic amines is 1. The first-order valence-electron chi connectivity index (χ1n) is 10.9. The molecule has 0 aliphatic carbocycles. The third-order valence-corrected chi connectivity index (χ3v) is 5.56. The third kappa shape index (κ3) is 4.74. The second-order valence-corrected chi connectivity index (χ2v) is 8.06. The number of alkyl halides is 3. The molecule has 0 atom stereocenters. The van der Waals surface area contributed by atoms with Crippen molar-refractivity contribution in [2.24, 2.45) is 0 Å². The first-order valence-corrected chi connectivity index (χ1v) is 10.9. The lowest BCUT2D eigenvalue weighted by atomic mass is 10.1. The molecule has 0 bridgehead atoms. The van der Waals surface area contributed by atoms with Crippen molar-refractivity contribution in [3.05, 3.63) is 95.9 Å². The van der Waals surface area contributed by atoms with Crippen LogP contribution in [0.3, 0.4) is 0 Å². The molecule has 0 fully saturated rings. The number of pyridine rings is 1. The average molecular weight is 488 g/mol. The average Bonchev–Trinajstić information content (AvgIpc) is 3.34. The van der Waals surface area contributed by atoms with Crippen LogP contribution in [0.5, 0.6) is 0 Å². The standard InChI is InChI=1S/C26H19F3N6O/c1-15-4-9-19(32-24(36)16-5-7-18(8-6-16)26(27,28)29)13-21(15)34-25-33-20-10-12-31-23(20)22(35-25)17-3-2-11-30-14-17/h2-14,31H,1H3,(H,32,36)(H,33,34,35). The Labute approximate surface area is 203 Å². The van der Waals surface area contributed by atoms with E-state index in [1.165, 1.54) is 0 Å². The number of aromatic nitrogens is 4. The predicted octanol–water partition coefficient (Wildman–Crippen LogP) is 6.34. The van der Waals surface area contributed by atoms with Crippen LogP contribution >= 0.6 is 0 Å². The van der Waals surface area contributed by atoms with Gasteiger partial charge in [0.1, 0.15) is 5.69 Å². The van der Waals surface area contributed by atoms with Crippen LogP contribution in [0.2, 0.25) is 0 Å². The molecule has 10 heteroatoms. The van der Waals surface area contributed by atoms with E-state index in [1.807, 2.05) is 31.2 Å². The highest BCUT2D eigenvalue weighted by molar-refractivity contribution is 6.04. The van der Waals surface area contributed by atoms with E-state index in [4.69, 9.17) is 0 Å². The van der Waals surface area contributed by atoms with Crippen LogP contribution in [-0.4, -0.2) is 25.8 Å². The van der Waals surface area contributed by atoms with Crippen molar-refractivity contribution in [3.63, 3.8) is 0 Å². The van der Waals surface area contributed by atoms with Gasteiger partial charge in [-0.1, -0.05) is 6.07 Å². The Bertz CT molecular complexity index is 1550. The van der Waals surface area contributed by atoms with Crippen molar-refractivity contribution in [1.82, 2.24) is 19.9 Å². The van der Waals surface area contributed by atoms with E-state index in [-0.39, 0.29) is 5.56 Å². The van der Waals surface area contributed by atoms with E-state index in [0.717, 1.165) is 46.4 Å². The predicted molar refractivity (Wildman–Crippen MR) is 131 cm³/mol. The summed E-state index contributed by atoms with van der Waals surface area (Å²) >= 11 is 0. The molecular weight excluding hydrogens is 469 g/mol. The van der Waals surface area contributed by atoms with Crippen molar-refractivity contribution in [2.75, 3.05) is 10.6 Å². The molecule has 0 aliphatic heterocycles. The number of hydrogen-bond acceptors (Lipinski definition) is 5. The Kier molecular flexibility index (Phi) is 5.85. The van der Waals surface area contributed by atoms with Crippen LogP contribution in [0.25, 0.3) is 22.3 Å². The molecule has 3 N–H and O–H groups in total. The van der Waals surface area contributed by atoms with Gasteiger partial charge in [0.25, 0.3) is 5.91 Å². The van der Waals surface area contributed by atoms with Crippen molar-refractivity contribution >= 4 is 34.3 Å². The maximum absolute atomic E-state index is 12.8. The maximum atomic E-state index is 12.8. The van der Waals surface area contributed by atoms with Gasteiger partial charge in [0.2, 0.25) is 5.95 Å². The zero-order chi connectivity index (χ0) is 25.3. The summed E-state index contributed by atoms with van der Waals surface area (Å²) in [5, 5.41) is 5.93. The topological polar surface area (TPSA) is 95.6 Å². The summed E-state index contributed by atoms with van der Waals surface area (Å²) in [4.78, 5) is 29.2. The van der Waals surface area contributed by atoms with Crippen LogP contribution in [-0.2, 0) is 6.18 Å². The molecule has 0 unspecified atom stereocenters. The molecule has 3 aromatic heterocycles. The second kappa shape index (κ2) is 9.14. The number of amides is 1. The van der Waals surface area contributed by atoms with Crippen molar-refractivity contribution in [1.29, 1.82) is 0 Å². The number of anilines is 3. The van der Waals surface area contributed by atoms with Gasteiger partial charge < -0.3 is 15.6 Å². The number of rotatable bonds is 5. The van der Waals surface area contributed by atoms with Crippen LogP contribution in [0, 0.1) is 6.92 Å². The van der Waals surface area contributed by atoms with Crippen LogP contribution in [0.4, 0.5) is 30.5 Å². The number of nitrogens with zero attached hydrogens (tertiary/aromatic N) is 3. The first kappa shape index (κ1) is 23.0. The van der Waals surface area contributed by atoms with E-state index in [2.05, 4.69) is 30.6 Å². The molecule has 3 heterocycles. The quantitative estimate of drug-likeness (QED) is 0.268. The Morgan fingerprint density at radius 3 is 2.53 bits per heavy atom. The summed E-state index contributed by atoms with van der Waals surface area (Å²) in [6, 6.07) is 14.9. The monoisotopic (exact) mass is 488 g/mol. The van der Waals surface area contributed by atoms with E-state index >= 15 is 0 Å². The fraction of sp³-hybridized carbons (Fsp3) is 0.0769. The maximum Gasteiger partial charge on any atom is 0.416 e. The minimum Gasteiger partial charge on any atom is -0.358 e. The summed E-state index contributed by atoms with van der Waals surface area (Å²) in [6.07, 6.45) is 0.721. The Hall–Kier alpha value is -4.73. The molecule has 0 saturated carbocycles. The van der Waals surface area contributed by atoms with E-state index < -0.39 is 17.6 Å². The van der Waals surface area contributed by atoms with Gasteiger partial charge >= 0.3 is 6.18 Å². The summed E-state index contributed by atoms with van der Waals surface area (Å²) in [7, 11) is 0. The fourth-order valence-electron chi connectivity index (χ4n) is 3.68. The van der Waals surface area contributed by atoms with Gasteiger partial charge in [-0.15, -0.1) is 0 Å². The molecule has 36 heavy (non-hydrogen) atoms. The number of aryl methyl sites for hydroxylation is 1. The molecule has 5 aromatic rings. The molecule has 2 aromatic carbocycles. The van der Waals surface area contributed by atoms with Crippen LogP contribution in [0.1, 0.15) is 21.5 Å². The largest absolute Gasteiger partial charge is 0.416 e. The highest BCUT2D eigenvalue weighted by Crippen LogP contribution is 2.30. The number of carbonyl (C=O) groups excluding carboxylic acids is 1. The zero-order valence-corrected chi connectivity index (χ0v) is 18.9. The fourth-order valence-corrected chi connectivity index (χ4v) is 3.68. The highest BCUT2D eigenvalue weighted by atomic mass is 19.4. The first-order chi connectivity index (χ1) is 17.3. The summed E-state index contributed by atoms with van der Waals surface area (Å²) < 4.78 is 38.4. The third-order valence-electron chi connectivity index (χ3n) is 5.56. The normalized spacial score (nSPS) is 11.4. The number of benzene rings is 2. The molecule has 5 rings (SSSR count). The Morgan fingerprint density at radius 2 is 1.81 bits per heavy atom. The van der Waals surface area contributed by atoms with Gasteiger partial charge in [-0.05, 0) is 67.1 Å². The number of hydrogen-bond donors (Lipinski definition) is 3. The summed E-state index contributed by atoms with van der Waals surface area (Å²) in [5.74, 6) is -0.169. The van der Waals surface area contributed by atoms with Crippen LogP contribution < -0.4 is 10.6 Å². The van der Waals surface area contributed by atoms with E-state index in [9.17, 15) is 18.0 Å². The lowest BCUT2D eigenvalue weighted by molar-refractivity contribution is -0.137. The van der Waals surface area contributed by atoms with Crippen molar-refractivity contribution < 1.29 is 18.0 Å². The zero-order valence-electron chi connectivity index (χ0n) is 18.9. The Balaban J connectivity index is 1.40. The van der Waals surface area contributed by atoms with Crippen LogP contribution in [0.15, 0.2) is 79.3 Å². The van der Waals surface area contributed by atoms with Crippen molar-refractivity contribution in [2.45, 2.75) is 13.1 Å². The van der Waals surface area contributed by atoms with Gasteiger partial charge in [-0.2, -0.15) is 13.2 Å². The minimum atomic E-state index is -4.46. The van der Waals surface area contributed by atoms with Gasteiger partial charge in [0.15, 0.2) is 0 Å². The molecule has 180 valence electrons. The Morgan fingerprint density at radius 1 is 1.00 bits per heavy atom. The minimum absolute atomic E-state index is 0.112. The lowest BCUT2D eigenvalue weighted by Gasteiger charge is -2.13. The highest BCUT2D eigenvalue weighted by Gasteiger charge is 2.30. The van der Waals surface area contributed by atoms with Gasteiger partial charge in [-0.3, -0.25) is 9.78 Å². The number of carbonyl (C=O) groups is 1. The van der Waals surface area contributed by atoms with Crippen molar-refractivity contribution in [3.8, 4) is 11.3 Å². The summed E-state index contributed by atoms with van der Waals surface area (Å²) in [5.41, 5.74) is 4.30. The molecule has 0 spiro atoms. The molecule has 0 saturated heterocycles. The molecular formula is C26H19F3N6O. The second-order valence-electron chi connectivity index (χ2n) is 8.06. The molecule has 1 amide bonds. The number of halogens is 3. The summed E-state index contributed by atoms with van der Waals surface area (Å²) in [6.45, 7) is 1.89. The van der Waals surface area contributed by atoms with E-state index in [1.54, 1.807) is 30.7 Å². The van der Waals surface area contributed by atoms with E-state index in [0.29, 0.717) is 23.0 Å². The lowest BCUT2D eigenvalue weighted by Crippen LogP contribution is -2.13.